The van der Waals surface area contributed by atoms with Gasteiger partial charge in [-0.1, -0.05) is 6.07 Å². The van der Waals surface area contributed by atoms with E-state index in [1.54, 1.807) is 7.11 Å². The molecule has 1 saturated carbocycles. The highest BCUT2D eigenvalue weighted by Crippen LogP contribution is 2.23. The quantitative estimate of drug-likeness (QED) is 0.790. The van der Waals surface area contributed by atoms with E-state index in [9.17, 15) is 14.4 Å². The van der Waals surface area contributed by atoms with Crippen molar-refractivity contribution in [1.29, 1.82) is 0 Å². The number of hydrogen-bond donors (Lipinski definition) is 2. The molecule has 2 rings (SSSR count). The Morgan fingerprint density at radius 3 is 2.75 bits per heavy atom. The minimum absolute atomic E-state index is 0.0995. The monoisotopic (exact) mass is 282 g/mol. The van der Waals surface area contributed by atoms with Gasteiger partial charge in [-0.25, -0.2) is 4.39 Å². The van der Waals surface area contributed by atoms with Crippen molar-refractivity contribution in [2.75, 3.05) is 7.11 Å². The van der Waals surface area contributed by atoms with Crippen LogP contribution >= 0.6 is 0 Å². The van der Waals surface area contributed by atoms with E-state index in [1.165, 1.54) is 12.1 Å². The summed E-state index contributed by atoms with van der Waals surface area (Å²) >= 11 is 0. The van der Waals surface area contributed by atoms with Crippen LogP contribution in [-0.4, -0.2) is 36.5 Å². The van der Waals surface area contributed by atoms with Gasteiger partial charge in [-0.3, -0.25) is 0 Å². The summed E-state index contributed by atoms with van der Waals surface area (Å²) in [5.74, 6) is -0.492. The van der Waals surface area contributed by atoms with Gasteiger partial charge in [0.2, 0.25) is 0 Å². The zero-order valence-corrected chi connectivity index (χ0v) is 11.6. The number of ether oxygens (including phenoxy) is 2. The molecule has 0 aromatic heterocycles. The fraction of sp³-hybridized carbons (Fsp3) is 0.571. The van der Waals surface area contributed by atoms with Gasteiger partial charge in [-0.2, -0.15) is 0 Å². The molecule has 0 spiro atoms. The summed E-state index contributed by atoms with van der Waals surface area (Å²) in [6.45, 7) is 0.244. The van der Waals surface area contributed by atoms with Gasteiger partial charge in [0, 0.05) is 7.11 Å². The molecule has 0 radical (unpaired) electrons. The lowest BCUT2D eigenvalue weighted by atomic mass is 9.77. The third-order valence-corrected chi connectivity index (χ3v) is 3.77. The lowest BCUT2D eigenvalue weighted by Gasteiger charge is -2.28. The fourth-order valence-corrected chi connectivity index (χ4v) is 2.61. The normalized spacial score (nSPS) is 22.8. The average Bonchev–Trinajstić information content (AvgIpc) is 2.46. The zero-order valence-electron chi connectivity index (χ0n) is 11.6. The number of rotatable bonds is 5. The standard InChI is InChI=1S/C14H20BFO4/c1-19-12-3-2-4-13(8-12)20-9-10-5-6-11(16)7-14(10)15(17)18/h5-7,12-13,17-18H,2-4,8-9H2,1H3. The lowest BCUT2D eigenvalue weighted by molar-refractivity contribution is -0.0361. The molecule has 0 amide bonds. The maximum Gasteiger partial charge on any atom is 0.488 e. The van der Waals surface area contributed by atoms with Crippen LogP contribution in [0.3, 0.4) is 0 Å². The molecule has 0 heterocycles. The molecule has 6 heteroatoms. The Bertz CT molecular complexity index is 441. The van der Waals surface area contributed by atoms with Crippen LogP contribution in [0.15, 0.2) is 18.2 Å². The highest BCUT2D eigenvalue weighted by atomic mass is 19.1. The summed E-state index contributed by atoms with van der Waals surface area (Å²) in [5.41, 5.74) is 0.755. The summed E-state index contributed by atoms with van der Waals surface area (Å²) in [6, 6.07) is 3.95. The molecule has 110 valence electrons. The van der Waals surface area contributed by atoms with E-state index in [0.29, 0.717) is 5.56 Å². The van der Waals surface area contributed by atoms with Crippen molar-refractivity contribution in [2.45, 2.75) is 44.5 Å². The molecule has 4 nitrogen and oxygen atoms in total. The first-order valence-corrected chi connectivity index (χ1v) is 6.89. The topological polar surface area (TPSA) is 58.9 Å². The summed E-state index contributed by atoms with van der Waals surface area (Å²) in [7, 11) is 0.00939. The molecule has 20 heavy (non-hydrogen) atoms. The molecular weight excluding hydrogens is 262 g/mol. The summed E-state index contributed by atoms with van der Waals surface area (Å²) in [4.78, 5) is 0. The van der Waals surface area contributed by atoms with Crippen LogP contribution in [0.1, 0.15) is 31.2 Å². The van der Waals surface area contributed by atoms with Gasteiger partial charge in [-0.05, 0) is 48.8 Å². The van der Waals surface area contributed by atoms with Gasteiger partial charge in [0.1, 0.15) is 5.82 Å². The summed E-state index contributed by atoms with van der Waals surface area (Å²) in [5, 5.41) is 18.5. The maximum absolute atomic E-state index is 13.1. The second kappa shape index (κ2) is 7.17. The van der Waals surface area contributed by atoms with Crippen LogP contribution in [0.5, 0.6) is 0 Å². The van der Waals surface area contributed by atoms with Gasteiger partial charge in [0.15, 0.2) is 0 Å². The van der Waals surface area contributed by atoms with Crippen LogP contribution in [0.4, 0.5) is 4.39 Å². The molecule has 1 fully saturated rings. The Hall–Kier alpha value is -0.945. The Morgan fingerprint density at radius 2 is 2.05 bits per heavy atom. The number of benzene rings is 1. The molecule has 2 N–H and O–H groups in total. The molecule has 1 aromatic carbocycles. The zero-order chi connectivity index (χ0) is 14.5. The molecule has 2 unspecified atom stereocenters. The molecule has 0 aliphatic heterocycles. The second-order valence-corrected chi connectivity index (χ2v) is 5.17. The predicted octanol–water partition coefficient (Wildman–Crippen LogP) is 0.980. The van der Waals surface area contributed by atoms with Crippen molar-refractivity contribution in [1.82, 2.24) is 0 Å². The Kier molecular flexibility index (Phi) is 5.54. The van der Waals surface area contributed by atoms with Crippen LogP contribution in [-0.2, 0) is 16.1 Å². The Balaban J connectivity index is 1.96. The highest BCUT2D eigenvalue weighted by Gasteiger charge is 2.23. The van der Waals surface area contributed by atoms with Crippen LogP contribution in [0, 0.1) is 5.82 Å². The number of halogens is 1. The van der Waals surface area contributed by atoms with Crippen molar-refractivity contribution in [2.24, 2.45) is 0 Å². The van der Waals surface area contributed by atoms with Gasteiger partial charge in [0.05, 0.1) is 18.8 Å². The van der Waals surface area contributed by atoms with Gasteiger partial charge in [0.25, 0.3) is 0 Å². The summed E-state index contributed by atoms with van der Waals surface area (Å²) in [6.07, 6.45) is 4.25. The Labute approximate surface area is 118 Å². The molecule has 0 saturated heterocycles. The largest absolute Gasteiger partial charge is 0.488 e. The smallest absolute Gasteiger partial charge is 0.423 e. The maximum atomic E-state index is 13.1. The van der Waals surface area contributed by atoms with E-state index in [1.807, 2.05) is 0 Å². The van der Waals surface area contributed by atoms with Crippen molar-refractivity contribution in [3.05, 3.63) is 29.6 Å². The van der Waals surface area contributed by atoms with E-state index < -0.39 is 12.9 Å². The first-order valence-electron chi connectivity index (χ1n) is 6.89. The SMILES string of the molecule is COC1CCCC(OCc2ccc(F)cc2B(O)O)C1. The molecule has 1 aliphatic carbocycles. The van der Waals surface area contributed by atoms with Crippen LogP contribution in [0.2, 0.25) is 0 Å². The van der Waals surface area contributed by atoms with Crippen molar-refractivity contribution in [3.8, 4) is 0 Å². The van der Waals surface area contributed by atoms with Crippen LogP contribution < -0.4 is 5.46 Å². The molecule has 1 aromatic rings. The van der Waals surface area contributed by atoms with E-state index in [2.05, 4.69) is 0 Å². The first-order chi connectivity index (χ1) is 9.60. The third kappa shape index (κ3) is 4.02. The second-order valence-electron chi connectivity index (χ2n) is 5.17. The highest BCUT2D eigenvalue weighted by molar-refractivity contribution is 6.59. The number of methoxy groups -OCH3 is 1. The molecular formula is C14H20BFO4. The van der Waals surface area contributed by atoms with E-state index >= 15 is 0 Å². The Morgan fingerprint density at radius 1 is 1.30 bits per heavy atom. The van der Waals surface area contributed by atoms with Crippen molar-refractivity contribution < 1.29 is 23.9 Å². The van der Waals surface area contributed by atoms with Crippen molar-refractivity contribution >= 4 is 12.6 Å². The first kappa shape index (κ1) is 15.4. The number of hydrogen-bond acceptors (Lipinski definition) is 4. The predicted molar refractivity (Wildman–Crippen MR) is 74.1 cm³/mol. The molecule has 1 aliphatic rings. The van der Waals surface area contributed by atoms with E-state index in [4.69, 9.17) is 9.47 Å². The van der Waals surface area contributed by atoms with Crippen LogP contribution in [0.25, 0.3) is 0 Å². The third-order valence-electron chi connectivity index (χ3n) is 3.77. The molecule has 0 bridgehead atoms. The van der Waals surface area contributed by atoms with E-state index in [-0.39, 0.29) is 24.3 Å². The minimum atomic E-state index is -1.69. The molecule has 2 atom stereocenters. The fourth-order valence-electron chi connectivity index (χ4n) is 2.61. The van der Waals surface area contributed by atoms with E-state index in [0.717, 1.165) is 31.7 Å². The van der Waals surface area contributed by atoms with Gasteiger partial charge in [-0.15, -0.1) is 0 Å². The van der Waals surface area contributed by atoms with Gasteiger partial charge < -0.3 is 19.5 Å². The van der Waals surface area contributed by atoms with Gasteiger partial charge >= 0.3 is 7.12 Å². The lowest BCUT2D eigenvalue weighted by Crippen LogP contribution is -2.34. The van der Waals surface area contributed by atoms with Crippen molar-refractivity contribution in [3.63, 3.8) is 0 Å². The minimum Gasteiger partial charge on any atom is -0.423 e. The summed E-state index contributed by atoms with van der Waals surface area (Å²) < 4.78 is 24.3. The average molecular weight is 282 g/mol.